The highest BCUT2D eigenvalue weighted by molar-refractivity contribution is 5.89. The first-order valence-corrected chi connectivity index (χ1v) is 6.85. The number of anilines is 2. The van der Waals surface area contributed by atoms with Crippen LogP contribution < -0.4 is 5.32 Å². The van der Waals surface area contributed by atoms with E-state index in [-0.39, 0.29) is 0 Å². The molecule has 22 heavy (non-hydrogen) atoms. The molecule has 4 rings (SSSR count). The zero-order valence-electron chi connectivity index (χ0n) is 14.1. The van der Waals surface area contributed by atoms with Gasteiger partial charge in [-0.25, -0.2) is 9.97 Å². The Hall–Kier alpha value is -2.96. The Labute approximate surface area is 129 Å². The van der Waals surface area contributed by atoms with Crippen molar-refractivity contribution in [3.8, 4) is 0 Å². The fourth-order valence-corrected chi connectivity index (χ4v) is 2.50. The van der Waals surface area contributed by atoms with Gasteiger partial charge in [0.25, 0.3) is 0 Å². The third kappa shape index (κ3) is 1.90. The second kappa shape index (κ2) is 4.80. The summed E-state index contributed by atoms with van der Waals surface area (Å²) in [4.78, 5) is 8.41. The molecule has 0 aliphatic carbocycles. The summed E-state index contributed by atoms with van der Waals surface area (Å²) < 4.78 is 17.2. The highest BCUT2D eigenvalue weighted by Crippen LogP contribution is 2.26. The lowest BCUT2D eigenvalue weighted by atomic mass is 10.2. The topological polar surface area (TPSA) is 84.3 Å². The van der Waals surface area contributed by atoms with E-state index in [0.29, 0.717) is 17.0 Å². The van der Waals surface area contributed by atoms with Crippen molar-refractivity contribution in [3.63, 3.8) is 0 Å². The largest absolute Gasteiger partial charge is 0.339 e. The molecule has 2 N–H and O–H groups in total. The van der Waals surface area contributed by atoms with Crippen LogP contribution in [0.2, 0.25) is 0 Å². The molecule has 110 valence electrons. The molecule has 0 saturated carbocycles. The monoisotopic (exact) mass is 295 g/mol. The minimum atomic E-state index is -1.56. The van der Waals surface area contributed by atoms with E-state index in [1.54, 1.807) is 12.4 Å². The first-order chi connectivity index (χ1) is 11.4. The number of nitrogens with one attached hydrogen (secondary N) is 2. The summed E-state index contributed by atoms with van der Waals surface area (Å²) in [5.41, 5.74) is 3.56. The van der Waals surface area contributed by atoms with E-state index in [0.717, 1.165) is 22.3 Å². The summed E-state index contributed by atoms with van der Waals surface area (Å²) in [5, 5.41) is 15.4. The quantitative estimate of drug-likeness (QED) is 0.607. The van der Waals surface area contributed by atoms with Gasteiger partial charge in [-0.2, -0.15) is 10.2 Å². The molecule has 0 spiro atoms. The summed E-state index contributed by atoms with van der Waals surface area (Å²) >= 11 is 0. The van der Waals surface area contributed by atoms with Crippen LogP contribution in [0.15, 0.2) is 30.6 Å². The number of hydrogen-bond donors (Lipinski definition) is 2. The predicted molar refractivity (Wildman–Crippen MR) is 85.1 cm³/mol. The molecule has 0 saturated heterocycles. The number of aryl methyl sites for hydroxylation is 2. The molecule has 0 aliphatic rings. The zero-order chi connectivity index (χ0) is 16.9. The molecule has 0 aliphatic heterocycles. The molecule has 0 unspecified atom stereocenters. The van der Waals surface area contributed by atoms with Gasteiger partial charge in [-0.1, -0.05) is 0 Å². The fraction of sp³-hybridized carbons (Fsp3) is 0.200. The van der Waals surface area contributed by atoms with E-state index in [1.165, 1.54) is 11.6 Å². The third-order valence-electron chi connectivity index (χ3n) is 3.54. The number of benzene rings is 1. The predicted octanol–water partition coefficient (Wildman–Crippen LogP) is 2.77. The number of aromatic amines is 1. The maximum atomic E-state index is 7.89. The Morgan fingerprint density at radius 1 is 1.32 bits per heavy atom. The average molecular weight is 295 g/mol. The van der Waals surface area contributed by atoms with Gasteiger partial charge in [0.05, 0.1) is 14.0 Å². The maximum Gasteiger partial charge on any atom is 0.201 e. The second-order valence-electron chi connectivity index (χ2n) is 4.90. The van der Waals surface area contributed by atoms with Gasteiger partial charge < -0.3 is 5.32 Å². The van der Waals surface area contributed by atoms with Crippen LogP contribution in [0.3, 0.4) is 0 Å². The van der Waals surface area contributed by atoms with E-state index in [2.05, 4.69) is 30.6 Å². The van der Waals surface area contributed by atoms with Crippen LogP contribution in [0.5, 0.6) is 0 Å². The maximum absolute atomic E-state index is 7.89. The van der Waals surface area contributed by atoms with Gasteiger partial charge in [-0.15, -0.1) is 0 Å². The second-order valence-corrected chi connectivity index (χ2v) is 4.90. The Morgan fingerprint density at radius 3 is 3.05 bits per heavy atom. The molecular weight excluding hydrogens is 278 g/mol. The van der Waals surface area contributed by atoms with Gasteiger partial charge in [0.2, 0.25) is 5.65 Å². The standard InChI is InChI=1S/C15H15N7/c1-3-22-12-5-4-10(8-11(12)9(2)21-22)18-15-13-14(19-20-15)17-7-6-16-13/h4-8H,3H2,1-2H3,(H2,17,18,19,20)/i3D2. The van der Waals surface area contributed by atoms with Crippen molar-refractivity contribution in [2.75, 3.05) is 5.32 Å². The van der Waals surface area contributed by atoms with E-state index in [9.17, 15) is 0 Å². The van der Waals surface area contributed by atoms with Gasteiger partial charge in [0.15, 0.2) is 11.3 Å². The Morgan fingerprint density at radius 2 is 2.18 bits per heavy atom. The Bertz CT molecular complexity index is 1050. The van der Waals surface area contributed by atoms with Crippen molar-refractivity contribution in [1.29, 1.82) is 0 Å². The fourth-order valence-electron chi connectivity index (χ4n) is 2.50. The molecule has 1 aromatic carbocycles. The molecule has 0 amide bonds. The minimum absolute atomic E-state index is 0.546. The molecule has 3 aromatic heterocycles. The zero-order valence-corrected chi connectivity index (χ0v) is 12.1. The summed E-state index contributed by atoms with van der Waals surface area (Å²) in [5.74, 6) is 0.660. The number of nitrogens with zero attached hydrogens (tertiary/aromatic N) is 5. The van der Waals surface area contributed by atoms with E-state index in [4.69, 9.17) is 2.74 Å². The molecule has 4 aromatic rings. The summed E-state index contributed by atoms with van der Waals surface area (Å²) in [6.07, 6.45) is 3.21. The number of hydrogen-bond acceptors (Lipinski definition) is 5. The molecule has 0 radical (unpaired) electrons. The van der Waals surface area contributed by atoms with Crippen molar-refractivity contribution in [2.24, 2.45) is 0 Å². The minimum Gasteiger partial charge on any atom is -0.339 e. The van der Waals surface area contributed by atoms with E-state index in [1.807, 2.05) is 25.1 Å². The van der Waals surface area contributed by atoms with Crippen LogP contribution in [-0.4, -0.2) is 29.9 Å². The van der Waals surface area contributed by atoms with Crippen molar-refractivity contribution >= 4 is 33.6 Å². The van der Waals surface area contributed by atoms with Crippen LogP contribution in [-0.2, 0) is 6.50 Å². The van der Waals surface area contributed by atoms with Gasteiger partial charge in [0.1, 0.15) is 0 Å². The molecule has 0 fully saturated rings. The van der Waals surface area contributed by atoms with Crippen molar-refractivity contribution in [3.05, 3.63) is 36.3 Å². The third-order valence-corrected chi connectivity index (χ3v) is 3.54. The summed E-state index contributed by atoms with van der Waals surface area (Å²) in [6, 6.07) is 5.65. The van der Waals surface area contributed by atoms with Crippen LogP contribution in [0.4, 0.5) is 11.5 Å². The average Bonchev–Trinajstić information content (AvgIpc) is 3.09. The van der Waals surface area contributed by atoms with Crippen LogP contribution in [0, 0.1) is 6.92 Å². The van der Waals surface area contributed by atoms with Gasteiger partial charge in [0, 0.05) is 30.0 Å². The molecule has 7 nitrogen and oxygen atoms in total. The lowest BCUT2D eigenvalue weighted by Crippen LogP contribution is -1.96. The highest BCUT2D eigenvalue weighted by atomic mass is 15.3. The normalized spacial score (nSPS) is 13.4. The summed E-state index contributed by atoms with van der Waals surface area (Å²) in [6.45, 7) is 1.79. The first kappa shape index (κ1) is 10.7. The van der Waals surface area contributed by atoms with Gasteiger partial charge in [-0.3, -0.25) is 9.78 Å². The Kier molecular flexibility index (Phi) is 2.34. The Balaban J connectivity index is 1.77. The van der Waals surface area contributed by atoms with Gasteiger partial charge >= 0.3 is 0 Å². The number of H-pyrrole nitrogens is 1. The smallest absolute Gasteiger partial charge is 0.201 e. The van der Waals surface area contributed by atoms with Gasteiger partial charge in [-0.05, 0) is 32.0 Å². The molecular formula is C15H15N7. The lowest BCUT2D eigenvalue weighted by molar-refractivity contribution is 0.676. The number of rotatable bonds is 3. The van der Waals surface area contributed by atoms with Crippen molar-refractivity contribution in [2.45, 2.75) is 20.3 Å². The van der Waals surface area contributed by atoms with Crippen LogP contribution >= 0.6 is 0 Å². The molecule has 0 atom stereocenters. The van der Waals surface area contributed by atoms with Crippen molar-refractivity contribution in [1.82, 2.24) is 29.9 Å². The highest BCUT2D eigenvalue weighted by Gasteiger charge is 2.10. The lowest BCUT2D eigenvalue weighted by Gasteiger charge is -2.05. The van der Waals surface area contributed by atoms with E-state index >= 15 is 0 Å². The number of fused-ring (bicyclic) bond motifs is 2. The first-order valence-electron chi connectivity index (χ1n) is 7.85. The summed E-state index contributed by atoms with van der Waals surface area (Å²) in [7, 11) is 0. The van der Waals surface area contributed by atoms with E-state index < -0.39 is 6.50 Å². The van der Waals surface area contributed by atoms with Crippen LogP contribution in [0.1, 0.15) is 15.4 Å². The molecule has 0 bridgehead atoms. The van der Waals surface area contributed by atoms with Crippen molar-refractivity contribution < 1.29 is 2.74 Å². The van der Waals surface area contributed by atoms with Crippen LogP contribution in [0.25, 0.3) is 22.1 Å². The molecule has 7 heteroatoms. The number of aromatic nitrogens is 6. The SMILES string of the molecule is [2H]C([2H])(C)n1nc(C)c2cc(Nc3[nH]nc4nccnc34)ccc21. The molecule has 3 heterocycles.